The number of ether oxygens (including phenoxy) is 1. The fourth-order valence-electron chi connectivity index (χ4n) is 13.3. The second-order valence-corrected chi connectivity index (χ2v) is 20.4. The highest BCUT2D eigenvalue weighted by Gasteiger charge is 2.61. The van der Waals surface area contributed by atoms with E-state index < -0.39 is 0 Å². The van der Waals surface area contributed by atoms with Gasteiger partial charge in [0.1, 0.15) is 11.5 Å². The maximum atomic E-state index is 7.06. The van der Waals surface area contributed by atoms with Crippen LogP contribution in [0.3, 0.4) is 0 Å². The van der Waals surface area contributed by atoms with Crippen LogP contribution in [0.5, 0.6) is 11.5 Å². The van der Waals surface area contributed by atoms with Gasteiger partial charge in [0.2, 0.25) is 0 Å². The molecule has 0 atom stereocenters. The van der Waals surface area contributed by atoms with Crippen LogP contribution in [0.25, 0.3) is 33.0 Å². The van der Waals surface area contributed by atoms with Gasteiger partial charge < -0.3 is 9.64 Å². The maximum absolute atomic E-state index is 7.06. The number of para-hydroxylation sites is 2. The van der Waals surface area contributed by atoms with Crippen molar-refractivity contribution in [1.82, 2.24) is 0 Å². The molecule has 7 aromatic rings. The van der Waals surface area contributed by atoms with E-state index in [2.05, 4.69) is 184 Å². The first-order chi connectivity index (χ1) is 29.2. The van der Waals surface area contributed by atoms with Gasteiger partial charge in [0, 0.05) is 39.2 Å². The number of nitrogens with zero attached hydrogens (tertiary/aromatic N) is 1. The topological polar surface area (TPSA) is 12.5 Å². The Bertz CT molecular complexity index is 2780. The summed E-state index contributed by atoms with van der Waals surface area (Å²) >= 11 is 0. The molecule has 0 amide bonds. The van der Waals surface area contributed by atoms with Crippen molar-refractivity contribution in [2.24, 2.45) is 23.7 Å². The fraction of sp³-hybridized carbons (Fsp3) is 0.310. The SMILES string of the molecule is CC1(C)CCC(C)(C)c2cc(N(c3ccc(-c4ccc5ccccc5c4)cc3)c3ccc(-c4cccc5c4Oc4ccccc4C54C5CC6CC(C5)CC4C6)cc3)ccc21. The third-order valence-corrected chi connectivity index (χ3v) is 16.2. The minimum Gasteiger partial charge on any atom is -0.456 e. The second-order valence-electron chi connectivity index (χ2n) is 20.4. The van der Waals surface area contributed by atoms with Crippen LogP contribution in [0, 0.1) is 23.7 Å². The Morgan fingerprint density at radius 3 is 1.75 bits per heavy atom. The summed E-state index contributed by atoms with van der Waals surface area (Å²) in [5, 5.41) is 2.54. The molecule has 5 aliphatic carbocycles. The first-order valence-corrected chi connectivity index (χ1v) is 22.7. The Balaban J connectivity index is 0.959. The van der Waals surface area contributed by atoms with Crippen LogP contribution in [0.15, 0.2) is 152 Å². The van der Waals surface area contributed by atoms with Crippen molar-refractivity contribution in [1.29, 1.82) is 0 Å². The van der Waals surface area contributed by atoms with Gasteiger partial charge in [0.25, 0.3) is 0 Å². The van der Waals surface area contributed by atoms with Crippen LogP contribution in [-0.2, 0) is 16.2 Å². The van der Waals surface area contributed by atoms with E-state index in [0.29, 0.717) is 11.8 Å². The van der Waals surface area contributed by atoms with Crippen LogP contribution in [0.2, 0.25) is 0 Å². The molecule has 0 aromatic heterocycles. The van der Waals surface area contributed by atoms with E-state index in [1.807, 2.05) is 0 Å². The normalized spacial score (nSPS) is 25.0. The predicted octanol–water partition coefficient (Wildman–Crippen LogP) is 15.8. The molecule has 13 rings (SSSR count). The van der Waals surface area contributed by atoms with E-state index in [4.69, 9.17) is 4.74 Å². The molecule has 0 N–H and O–H groups in total. The van der Waals surface area contributed by atoms with Crippen molar-refractivity contribution in [2.75, 3.05) is 4.90 Å². The third-order valence-electron chi connectivity index (χ3n) is 16.2. The monoisotopic (exact) mass is 781 g/mol. The zero-order chi connectivity index (χ0) is 40.4. The number of hydrogen-bond donors (Lipinski definition) is 0. The Hall–Kier alpha value is -5.60. The van der Waals surface area contributed by atoms with Gasteiger partial charge in [-0.3, -0.25) is 0 Å². The number of fused-ring (bicyclic) bond motifs is 4. The molecule has 0 unspecified atom stereocenters. The summed E-state index contributed by atoms with van der Waals surface area (Å²) < 4.78 is 7.06. The molecule has 7 aromatic carbocycles. The minimum atomic E-state index is 0.0398. The molecule has 0 radical (unpaired) electrons. The van der Waals surface area contributed by atoms with E-state index in [1.165, 1.54) is 106 Å². The van der Waals surface area contributed by atoms with Crippen LogP contribution >= 0.6 is 0 Å². The molecular formula is C58H55NO. The summed E-state index contributed by atoms with van der Waals surface area (Å²) in [5.74, 6) is 5.32. The number of rotatable bonds is 5. The highest BCUT2D eigenvalue weighted by atomic mass is 16.5. The van der Waals surface area contributed by atoms with E-state index in [9.17, 15) is 0 Å². The van der Waals surface area contributed by atoms with Crippen molar-refractivity contribution in [3.05, 3.63) is 174 Å². The van der Waals surface area contributed by atoms with Crippen LogP contribution in [-0.4, -0.2) is 0 Å². The molecule has 1 aliphatic heterocycles. The fourth-order valence-corrected chi connectivity index (χ4v) is 13.3. The zero-order valence-corrected chi connectivity index (χ0v) is 35.5. The van der Waals surface area contributed by atoms with Gasteiger partial charge in [-0.2, -0.15) is 0 Å². The second kappa shape index (κ2) is 13.2. The van der Waals surface area contributed by atoms with E-state index >= 15 is 0 Å². The van der Waals surface area contributed by atoms with Gasteiger partial charge in [-0.05, 0) is 167 Å². The third kappa shape index (κ3) is 5.45. The quantitative estimate of drug-likeness (QED) is 0.172. The molecule has 4 fully saturated rings. The first-order valence-electron chi connectivity index (χ1n) is 22.7. The molecule has 4 bridgehead atoms. The first kappa shape index (κ1) is 36.3. The number of hydrogen-bond acceptors (Lipinski definition) is 2. The molecule has 2 heteroatoms. The molecule has 2 nitrogen and oxygen atoms in total. The molecule has 1 spiro atoms. The number of anilines is 3. The van der Waals surface area contributed by atoms with Crippen molar-refractivity contribution in [3.8, 4) is 33.8 Å². The smallest absolute Gasteiger partial charge is 0.139 e. The lowest BCUT2D eigenvalue weighted by Gasteiger charge is -2.63. The average molecular weight is 782 g/mol. The van der Waals surface area contributed by atoms with Crippen LogP contribution < -0.4 is 9.64 Å². The molecule has 0 saturated heterocycles. The molecule has 60 heavy (non-hydrogen) atoms. The van der Waals surface area contributed by atoms with Crippen molar-refractivity contribution >= 4 is 27.8 Å². The Morgan fingerprint density at radius 1 is 0.450 bits per heavy atom. The van der Waals surface area contributed by atoms with E-state index in [1.54, 1.807) is 0 Å². The maximum Gasteiger partial charge on any atom is 0.139 e. The van der Waals surface area contributed by atoms with Crippen LogP contribution in [0.1, 0.15) is 94.9 Å². The van der Waals surface area contributed by atoms with Gasteiger partial charge in [0.15, 0.2) is 0 Å². The van der Waals surface area contributed by atoms with Crippen molar-refractivity contribution in [2.45, 2.75) is 88.9 Å². The lowest BCUT2D eigenvalue weighted by Crippen LogP contribution is -2.57. The molecule has 4 saturated carbocycles. The summed E-state index contributed by atoms with van der Waals surface area (Å²) in [7, 11) is 0. The van der Waals surface area contributed by atoms with Crippen molar-refractivity contribution in [3.63, 3.8) is 0 Å². The summed E-state index contributed by atoms with van der Waals surface area (Å²) in [6.07, 6.45) is 9.27. The Morgan fingerprint density at radius 2 is 1.03 bits per heavy atom. The van der Waals surface area contributed by atoms with Gasteiger partial charge in [-0.25, -0.2) is 0 Å². The molecule has 298 valence electrons. The lowest BCUT2D eigenvalue weighted by atomic mass is 9.41. The largest absolute Gasteiger partial charge is 0.456 e. The average Bonchev–Trinajstić information content (AvgIpc) is 3.27. The lowest BCUT2D eigenvalue weighted by molar-refractivity contribution is -0.0451. The molecule has 1 heterocycles. The van der Waals surface area contributed by atoms with Crippen LogP contribution in [0.4, 0.5) is 17.1 Å². The van der Waals surface area contributed by atoms with Crippen molar-refractivity contribution < 1.29 is 4.74 Å². The standard InChI is InChI=1S/C58H55NO/c1-56(2)28-29-57(3,4)53-36-48(26-27-50(53)56)59(46-22-18-40(19-23-46)43-17-16-39-10-5-6-11-42(39)35-43)47-24-20-41(21-25-47)49-12-9-14-52-55(49)60-54-15-8-7-13-51(54)58(52)44-31-37-30-38(33-44)34-45(58)32-37/h5-27,35-38,44-45H,28-34H2,1-4H3. The summed E-state index contributed by atoms with van der Waals surface area (Å²) in [5.41, 5.74) is 14.5. The molecule has 6 aliphatic rings. The predicted molar refractivity (Wildman–Crippen MR) is 249 cm³/mol. The summed E-state index contributed by atoms with van der Waals surface area (Å²) in [6.45, 7) is 9.68. The van der Waals surface area contributed by atoms with Gasteiger partial charge >= 0.3 is 0 Å². The highest BCUT2D eigenvalue weighted by molar-refractivity contribution is 5.88. The van der Waals surface area contributed by atoms with Gasteiger partial charge in [-0.15, -0.1) is 0 Å². The van der Waals surface area contributed by atoms with Gasteiger partial charge in [-0.1, -0.05) is 131 Å². The van der Waals surface area contributed by atoms with E-state index in [0.717, 1.165) is 34.7 Å². The summed E-state index contributed by atoms with van der Waals surface area (Å²) in [4.78, 5) is 2.46. The molecular weight excluding hydrogens is 727 g/mol. The highest BCUT2D eigenvalue weighted by Crippen LogP contribution is 2.69. The number of benzene rings is 7. The van der Waals surface area contributed by atoms with Gasteiger partial charge in [0.05, 0.1) is 0 Å². The zero-order valence-electron chi connectivity index (χ0n) is 35.5. The summed E-state index contributed by atoms with van der Waals surface area (Å²) in [6, 6.07) is 57.3. The Labute approximate surface area is 356 Å². The minimum absolute atomic E-state index is 0.0398. The Kier molecular flexibility index (Phi) is 7.98. The van der Waals surface area contributed by atoms with E-state index in [-0.39, 0.29) is 16.2 Å².